The quantitative estimate of drug-likeness (QED) is 0.152. The number of hydrogen-bond donors (Lipinski definition) is 2. The van der Waals surface area contributed by atoms with Gasteiger partial charge in [-0.05, 0) is 57.0 Å². The number of nitrogens with zero attached hydrogens (tertiary/aromatic N) is 4. The van der Waals surface area contributed by atoms with Crippen molar-refractivity contribution in [3.05, 3.63) is 82.0 Å². The molecule has 0 unspecified atom stereocenters. The van der Waals surface area contributed by atoms with Crippen molar-refractivity contribution in [3.8, 4) is 45.3 Å². The maximum Gasteiger partial charge on any atom is 0.218 e. The smallest absolute Gasteiger partial charge is 0.218 e. The molecule has 0 spiro atoms. The zero-order valence-electron chi connectivity index (χ0n) is 29.1. The fraction of sp³-hybridized carbons (Fsp3) is 0.436. The van der Waals surface area contributed by atoms with Crippen LogP contribution in [0.15, 0.2) is 60.8 Å². The third kappa shape index (κ3) is 8.60. The summed E-state index contributed by atoms with van der Waals surface area (Å²) in [7, 11) is 5.09. The lowest BCUT2D eigenvalue weighted by molar-refractivity contribution is 0.0789. The van der Waals surface area contributed by atoms with E-state index < -0.39 is 0 Å². The number of nitrogens with one attached hydrogen (secondary N) is 1. The van der Waals surface area contributed by atoms with Crippen molar-refractivity contribution < 1.29 is 19.3 Å². The van der Waals surface area contributed by atoms with Crippen LogP contribution in [0, 0.1) is 0 Å². The summed E-state index contributed by atoms with van der Waals surface area (Å²) in [5.74, 6) is 1.35. The standard InChI is InChI=1S/C39H47Cl2N5O4/c1-48-22-21-45-17-12-29(13-18-45)43-24-27-9-10-34(44-39(27)50-3)33-6-4-5-31(36(33)40)32-11-16-42-38(37(32)41)26-7-8-28(35(23-26)49-2)25-46-19-14-30(47)15-20-46/h4-11,16,23,29-30,43,47H,12-15,17-22,24-25H2,1-3H3. The van der Waals surface area contributed by atoms with Gasteiger partial charge in [0, 0.05) is 85.5 Å². The van der Waals surface area contributed by atoms with E-state index in [1.165, 1.54) is 0 Å². The molecule has 0 bridgehead atoms. The van der Waals surface area contributed by atoms with Crippen LogP contribution in [-0.4, -0.2) is 97.7 Å². The van der Waals surface area contributed by atoms with Crippen molar-refractivity contribution in [2.24, 2.45) is 0 Å². The molecular weight excluding hydrogens is 673 g/mol. The van der Waals surface area contributed by atoms with Gasteiger partial charge in [0.15, 0.2) is 0 Å². The monoisotopic (exact) mass is 719 g/mol. The molecule has 2 N–H and O–H groups in total. The number of likely N-dealkylation sites (tertiary alicyclic amines) is 2. The lowest BCUT2D eigenvalue weighted by atomic mass is 9.99. The van der Waals surface area contributed by atoms with Crippen molar-refractivity contribution in [2.45, 2.75) is 50.9 Å². The molecule has 2 aromatic carbocycles. The average Bonchev–Trinajstić information content (AvgIpc) is 3.15. The Morgan fingerprint density at radius 2 is 1.54 bits per heavy atom. The second-order valence-electron chi connectivity index (χ2n) is 13.1. The van der Waals surface area contributed by atoms with Gasteiger partial charge in [0.2, 0.25) is 5.88 Å². The molecule has 0 aliphatic carbocycles. The van der Waals surface area contributed by atoms with Gasteiger partial charge in [-0.1, -0.05) is 59.6 Å². The predicted octanol–water partition coefficient (Wildman–Crippen LogP) is 6.96. The molecule has 0 amide bonds. The number of pyridine rings is 2. The number of rotatable bonds is 13. The highest BCUT2D eigenvalue weighted by molar-refractivity contribution is 6.39. The van der Waals surface area contributed by atoms with Crippen LogP contribution >= 0.6 is 23.2 Å². The van der Waals surface area contributed by atoms with Gasteiger partial charge in [0.25, 0.3) is 0 Å². The summed E-state index contributed by atoms with van der Waals surface area (Å²) in [5, 5.41) is 14.6. The Balaban J connectivity index is 1.19. The topological polar surface area (TPSA) is 92.2 Å². The second-order valence-corrected chi connectivity index (χ2v) is 13.8. The molecule has 2 fully saturated rings. The SMILES string of the molecule is COCCN1CCC(NCc2ccc(-c3cccc(-c4ccnc(-c5ccc(CN6CCC(O)CC6)c(OC)c5)c4Cl)c3Cl)nc2OC)CC1. The van der Waals surface area contributed by atoms with Crippen LogP contribution < -0.4 is 14.8 Å². The summed E-state index contributed by atoms with van der Waals surface area (Å²) >= 11 is 14.2. The molecule has 50 heavy (non-hydrogen) atoms. The Morgan fingerprint density at radius 3 is 2.28 bits per heavy atom. The zero-order valence-corrected chi connectivity index (χ0v) is 30.6. The van der Waals surface area contributed by atoms with E-state index in [0.29, 0.717) is 34.2 Å². The summed E-state index contributed by atoms with van der Waals surface area (Å²) in [6, 6.07) is 18.4. The highest BCUT2D eigenvalue weighted by Crippen LogP contribution is 2.42. The van der Waals surface area contributed by atoms with Gasteiger partial charge in [-0.25, -0.2) is 4.98 Å². The number of benzene rings is 2. The van der Waals surface area contributed by atoms with E-state index in [0.717, 1.165) is 116 Å². The Kier molecular flexibility index (Phi) is 12.6. The highest BCUT2D eigenvalue weighted by Gasteiger charge is 2.22. The Labute approximate surface area is 305 Å². The van der Waals surface area contributed by atoms with E-state index in [-0.39, 0.29) is 6.10 Å². The molecule has 0 radical (unpaired) electrons. The summed E-state index contributed by atoms with van der Waals surface area (Å²) in [4.78, 5) is 14.3. The summed E-state index contributed by atoms with van der Waals surface area (Å²) in [6.45, 7) is 7.05. The Hall–Kier alpha value is -3.28. The van der Waals surface area contributed by atoms with Crippen LogP contribution in [0.3, 0.4) is 0 Å². The molecule has 0 saturated carbocycles. The molecule has 4 heterocycles. The number of methoxy groups -OCH3 is 3. The van der Waals surface area contributed by atoms with Gasteiger partial charge >= 0.3 is 0 Å². The predicted molar refractivity (Wildman–Crippen MR) is 200 cm³/mol. The average molecular weight is 721 g/mol. The van der Waals surface area contributed by atoms with Gasteiger partial charge in [0.1, 0.15) is 5.75 Å². The highest BCUT2D eigenvalue weighted by atomic mass is 35.5. The third-order valence-corrected chi connectivity index (χ3v) is 10.7. The van der Waals surface area contributed by atoms with Crippen LogP contribution in [0.2, 0.25) is 10.0 Å². The van der Waals surface area contributed by atoms with Crippen LogP contribution in [0.5, 0.6) is 11.6 Å². The molecule has 4 aromatic rings. The number of hydrogen-bond acceptors (Lipinski definition) is 9. The lowest BCUT2D eigenvalue weighted by Gasteiger charge is -2.32. The Morgan fingerprint density at radius 1 is 0.820 bits per heavy atom. The summed E-state index contributed by atoms with van der Waals surface area (Å²) in [5.41, 5.74) is 6.66. The van der Waals surface area contributed by atoms with Crippen molar-refractivity contribution in [2.75, 3.05) is 60.7 Å². The van der Waals surface area contributed by atoms with Crippen LogP contribution in [0.25, 0.3) is 33.6 Å². The number of halogens is 2. The maximum absolute atomic E-state index is 9.89. The minimum absolute atomic E-state index is 0.206. The van der Waals surface area contributed by atoms with E-state index in [9.17, 15) is 5.11 Å². The van der Waals surface area contributed by atoms with E-state index in [2.05, 4.69) is 32.2 Å². The second kappa shape index (κ2) is 17.3. The first kappa shape index (κ1) is 36.5. The Bertz CT molecular complexity index is 1740. The van der Waals surface area contributed by atoms with Crippen LogP contribution in [-0.2, 0) is 17.8 Å². The molecule has 2 aliphatic heterocycles. The minimum atomic E-state index is -0.206. The lowest BCUT2D eigenvalue weighted by Crippen LogP contribution is -2.43. The zero-order chi connectivity index (χ0) is 35.0. The number of aliphatic hydroxyl groups is 1. The molecule has 11 heteroatoms. The van der Waals surface area contributed by atoms with E-state index in [1.807, 2.05) is 42.5 Å². The van der Waals surface area contributed by atoms with Gasteiger partial charge in [-0.3, -0.25) is 9.88 Å². The molecule has 266 valence electrons. The molecule has 9 nitrogen and oxygen atoms in total. The number of aliphatic hydroxyl groups excluding tert-OH is 1. The van der Waals surface area contributed by atoms with Crippen LogP contribution in [0.1, 0.15) is 36.8 Å². The number of piperidine rings is 2. The fourth-order valence-corrected chi connectivity index (χ4v) is 7.54. The van der Waals surface area contributed by atoms with E-state index in [4.69, 9.17) is 42.4 Å². The molecular formula is C39H47Cl2N5O4. The summed E-state index contributed by atoms with van der Waals surface area (Å²) in [6.07, 6.45) is 5.33. The third-order valence-electron chi connectivity index (χ3n) is 9.88. The first-order chi connectivity index (χ1) is 24.4. The van der Waals surface area contributed by atoms with Crippen molar-refractivity contribution in [3.63, 3.8) is 0 Å². The maximum atomic E-state index is 9.89. The van der Waals surface area contributed by atoms with E-state index in [1.54, 1.807) is 27.5 Å². The largest absolute Gasteiger partial charge is 0.496 e. The minimum Gasteiger partial charge on any atom is -0.496 e. The molecule has 2 saturated heterocycles. The van der Waals surface area contributed by atoms with Gasteiger partial charge in [0.05, 0.1) is 48.4 Å². The molecule has 6 rings (SSSR count). The molecule has 0 atom stereocenters. The number of ether oxygens (including phenoxy) is 3. The fourth-order valence-electron chi connectivity index (χ4n) is 6.90. The number of aromatic nitrogens is 2. The normalized spacial score (nSPS) is 16.5. The van der Waals surface area contributed by atoms with Crippen molar-refractivity contribution >= 4 is 23.2 Å². The first-order valence-corrected chi connectivity index (χ1v) is 18.1. The molecule has 2 aliphatic rings. The van der Waals surface area contributed by atoms with E-state index >= 15 is 0 Å². The van der Waals surface area contributed by atoms with Gasteiger partial charge in [-0.2, -0.15) is 0 Å². The summed E-state index contributed by atoms with van der Waals surface area (Å²) < 4.78 is 16.8. The van der Waals surface area contributed by atoms with Gasteiger partial charge in [-0.15, -0.1) is 0 Å². The molecule has 2 aromatic heterocycles. The first-order valence-electron chi connectivity index (χ1n) is 17.4. The van der Waals surface area contributed by atoms with Crippen LogP contribution in [0.4, 0.5) is 0 Å². The van der Waals surface area contributed by atoms with Gasteiger partial charge < -0.3 is 29.5 Å². The van der Waals surface area contributed by atoms with Crippen molar-refractivity contribution in [1.82, 2.24) is 25.1 Å². The van der Waals surface area contributed by atoms with Crippen molar-refractivity contribution in [1.29, 1.82) is 0 Å².